The summed E-state index contributed by atoms with van der Waals surface area (Å²) in [6, 6.07) is 9.27. The molecule has 2 aromatic carbocycles. The Hall–Kier alpha value is -3.84. The van der Waals surface area contributed by atoms with Crippen LogP contribution in [-0.4, -0.2) is 47.2 Å². The number of likely N-dealkylation sites (tertiary alicyclic amines) is 1. The second-order valence-electron chi connectivity index (χ2n) is 8.99. The highest BCUT2D eigenvalue weighted by Gasteiger charge is 2.32. The van der Waals surface area contributed by atoms with Crippen LogP contribution in [0.3, 0.4) is 0 Å². The zero-order valence-electron chi connectivity index (χ0n) is 20.7. The molecule has 1 amide bonds. The molecule has 1 aliphatic rings. The number of benzene rings is 2. The van der Waals surface area contributed by atoms with Gasteiger partial charge in [-0.1, -0.05) is 11.6 Å². The van der Waals surface area contributed by atoms with Crippen LogP contribution < -0.4 is 26.6 Å². The van der Waals surface area contributed by atoms with Gasteiger partial charge in [0.15, 0.2) is 0 Å². The van der Waals surface area contributed by atoms with Gasteiger partial charge in [0.1, 0.15) is 5.75 Å². The average Bonchev–Trinajstić information content (AvgIpc) is 2.87. The maximum absolute atomic E-state index is 13.5. The van der Waals surface area contributed by atoms with Gasteiger partial charge in [0.2, 0.25) is 0 Å². The van der Waals surface area contributed by atoms with Crippen molar-refractivity contribution in [2.45, 2.75) is 18.8 Å². The molecule has 3 aromatic rings. The lowest BCUT2D eigenvalue weighted by atomic mass is 10.1. The number of pyridine rings is 1. The fourth-order valence-electron chi connectivity index (χ4n) is 3.99. The standard InChI is InChI=1S/C26H26ClF3N6O3/c1-39-21-6-17(9-33-10-21)23(31)14-36(32)24-7-16(2-3-22(24)27)25(38)34-19-5-15(11-35-12-20(37)13-35)4-18(8-19)26(28,29)30/h2-10,14,20,37H,11-13,31-32H2,1H3,(H,34,38)/b23-14-. The first-order valence-corrected chi connectivity index (χ1v) is 12.0. The zero-order valence-corrected chi connectivity index (χ0v) is 21.5. The van der Waals surface area contributed by atoms with Gasteiger partial charge in [0.25, 0.3) is 5.91 Å². The van der Waals surface area contributed by atoms with Gasteiger partial charge in [-0.05, 0) is 48.0 Å². The molecule has 2 heterocycles. The lowest BCUT2D eigenvalue weighted by molar-refractivity contribution is -0.137. The Morgan fingerprint density at radius 1 is 1.23 bits per heavy atom. The average molecular weight is 563 g/mol. The molecule has 9 nitrogen and oxygen atoms in total. The van der Waals surface area contributed by atoms with E-state index in [1.807, 2.05) is 0 Å². The minimum absolute atomic E-state index is 0.0262. The van der Waals surface area contributed by atoms with Gasteiger partial charge in [-0.15, -0.1) is 0 Å². The third-order valence-electron chi connectivity index (χ3n) is 5.97. The van der Waals surface area contributed by atoms with E-state index in [1.54, 1.807) is 11.0 Å². The molecular formula is C26H26ClF3N6O3. The highest BCUT2D eigenvalue weighted by atomic mass is 35.5. The van der Waals surface area contributed by atoms with E-state index in [1.165, 1.54) is 50.0 Å². The summed E-state index contributed by atoms with van der Waals surface area (Å²) in [5, 5.41) is 13.3. The van der Waals surface area contributed by atoms with Crippen molar-refractivity contribution in [1.29, 1.82) is 0 Å². The number of β-amino-alcohol motifs (C(OH)–C–C–N with tert-alkyl or cyclic N) is 1. The summed E-state index contributed by atoms with van der Waals surface area (Å²) in [7, 11) is 1.49. The molecule has 1 aromatic heterocycles. The van der Waals surface area contributed by atoms with Crippen molar-refractivity contribution < 1.29 is 27.8 Å². The predicted molar refractivity (Wildman–Crippen MR) is 142 cm³/mol. The smallest absolute Gasteiger partial charge is 0.416 e. The number of carbonyl (C=O) groups is 1. The minimum Gasteiger partial charge on any atom is -0.495 e. The van der Waals surface area contributed by atoms with Gasteiger partial charge < -0.3 is 20.9 Å². The van der Waals surface area contributed by atoms with Crippen LogP contribution in [0.1, 0.15) is 27.0 Å². The first-order valence-electron chi connectivity index (χ1n) is 11.7. The van der Waals surface area contributed by atoms with Crippen LogP contribution in [0.5, 0.6) is 5.75 Å². The number of halogens is 4. The molecule has 0 spiro atoms. The lowest BCUT2D eigenvalue weighted by Gasteiger charge is -2.36. The Morgan fingerprint density at radius 2 is 1.97 bits per heavy atom. The van der Waals surface area contributed by atoms with Crippen molar-refractivity contribution in [2.75, 3.05) is 30.5 Å². The number of aromatic nitrogens is 1. The molecule has 4 rings (SSSR count). The number of methoxy groups -OCH3 is 1. The number of hydrogen-bond acceptors (Lipinski definition) is 8. The van der Waals surface area contributed by atoms with Crippen molar-refractivity contribution >= 4 is 34.6 Å². The van der Waals surface area contributed by atoms with E-state index >= 15 is 0 Å². The van der Waals surface area contributed by atoms with E-state index in [4.69, 9.17) is 27.9 Å². The number of alkyl halides is 3. The number of rotatable bonds is 8. The fraction of sp³-hybridized carbons (Fsp3) is 0.231. The molecule has 0 aliphatic carbocycles. The van der Waals surface area contributed by atoms with E-state index < -0.39 is 23.8 Å². The molecule has 1 saturated heterocycles. The number of hydrazine groups is 1. The summed E-state index contributed by atoms with van der Waals surface area (Å²) < 4.78 is 45.7. The molecule has 0 saturated carbocycles. The molecule has 0 bridgehead atoms. The monoisotopic (exact) mass is 562 g/mol. The number of anilines is 2. The minimum atomic E-state index is -4.61. The zero-order chi connectivity index (χ0) is 28.3. The summed E-state index contributed by atoms with van der Waals surface area (Å²) in [5.74, 6) is 5.97. The second kappa shape index (κ2) is 11.5. The van der Waals surface area contributed by atoms with Crippen LogP contribution in [0.25, 0.3) is 5.70 Å². The number of aliphatic hydroxyl groups excluding tert-OH is 1. The van der Waals surface area contributed by atoms with E-state index in [0.717, 1.165) is 17.1 Å². The Labute approximate surface area is 227 Å². The molecule has 39 heavy (non-hydrogen) atoms. The van der Waals surface area contributed by atoms with E-state index in [9.17, 15) is 23.1 Å². The molecule has 206 valence electrons. The van der Waals surface area contributed by atoms with Crippen LogP contribution in [0, 0.1) is 0 Å². The van der Waals surface area contributed by atoms with Gasteiger partial charge in [-0.25, -0.2) is 5.84 Å². The lowest BCUT2D eigenvalue weighted by Crippen LogP contribution is -2.49. The Kier molecular flexibility index (Phi) is 8.31. The molecule has 1 fully saturated rings. The SMILES string of the molecule is COc1cncc(/C(N)=C/N(N)c2cc(C(=O)Nc3cc(CN4CC(O)C4)cc(C(F)(F)F)c3)ccc2Cl)c1. The molecule has 13 heteroatoms. The Bertz CT molecular complexity index is 1400. The number of nitrogens with one attached hydrogen (secondary N) is 1. The largest absolute Gasteiger partial charge is 0.495 e. The number of nitrogens with two attached hydrogens (primary N) is 2. The van der Waals surface area contributed by atoms with E-state index in [-0.39, 0.29) is 34.2 Å². The van der Waals surface area contributed by atoms with Gasteiger partial charge in [0, 0.05) is 48.8 Å². The normalized spacial score (nSPS) is 14.6. The Morgan fingerprint density at radius 3 is 2.64 bits per heavy atom. The van der Waals surface area contributed by atoms with Gasteiger partial charge in [-0.2, -0.15) is 13.2 Å². The maximum Gasteiger partial charge on any atom is 0.416 e. The van der Waals surface area contributed by atoms with Crippen molar-refractivity contribution in [3.63, 3.8) is 0 Å². The third-order valence-corrected chi connectivity index (χ3v) is 6.29. The van der Waals surface area contributed by atoms with Gasteiger partial charge in [0.05, 0.1) is 41.4 Å². The molecule has 0 atom stereocenters. The summed E-state index contributed by atoms with van der Waals surface area (Å²) in [6.07, 6.45) is -0.693. The van der Waals surface area contributed by atoms with Crippen molar-refractivity contribution in [3.8, 4) is 5.75 Å². The topological polar surface area (TPSA) is 130 Å². The molecule has 0 unspecified atom stereocenters. The first-order chi connectivity index (χ1) is 18.4. The van der Waals surface area contributed by atoms with Crippen LogP contribution in [0.4, 0.5) is 24.5 Å². The van der Waals surface area contributed by atoms with Crippen molar-refractivity contribution in [2.24, 2.45) is 11.6 Å². The van der Waals surface area contributed by atoms with Crippen LogP contribution in [-0.2, 0) is 12.7 Å². The summed E-state index contributed by atoms with van der Waals surface area (Å²) >= 11 is 6.30. The summed E-state index contributed by atoms with van der Waals surface area (Å²) in [6.45, 7) is 0.941. The summed E-state index contributed by atoms with van der Waals surface area (Å²) in [5.41, 5.74) is 6.66. The van der Waals surface area contributed by atoms with Gasteiger partial charge >= 0.3 is 6.18 Å². The number of hydrogen-bond donors (Lipinski definition) is 4. The van der Waals surface area contributed by atoms with Crippen LogP contribution in [0.2, 0.25) is 5.02 Å². The number of amides is 1. The second-order valence-corrected chi connectivity index (χ2v) is 9.40. The number of nitrogens with zero attached hydrogens (tertiary/aromatic N) is 3. The molecule has 6 N–H and O–H groups in total. The quantitative estimate of drug-likeness (QED) is 0.241. The van der Waals surface area contributed by atoms with Gasteiger partial charge in [-0.3, -0.25) is 19.7 Å². The molecular weight excluding hydrogens is 537 g/mol. The molecule has 1 aliphatic heterocycles. The third kappa shape index (κ3) is 6.98. The van der Waals surface area contributed by atoms with E-state index in [2.05, 4.69) is 10.3 Å². The van der Waals surface area contributed by atoms with Crippen molar-refractivity contribution in [3.05, 3.63) is 88.3 Å². The highest BCUT2D eigenvalue weighted by molar-refractivity contribution is 6.33. The number of ether oxygens (including phenoxy) is 1. The number of aliphatic hydroxyl groups is 1. The Balaban J connectivity index is 1.56. The molecule has 0 radical (unpaired) electrons. The van der Waals surface area contributed by atoms with E-state index in [0.29, 0.717) is 30.0 Å². The maximum atomic E-state index is 13.5. The highest BCUT2D eigenvalue weighted by Crippen LogP contribution is 2.33. The summed E-state index contributed by atoms with van der Waals surface area (Å²) in [4.78, 5) is 18.9. The first kappa shape index (κ1) is 28.2. The predicted octanol–water partition coefficient (Wildman–Crippen LogP) is 3.83. The van der Waals surface area contributed by atoms with Crippen LogP contribution >= 0.6 is 11.6 Å². The van der Waals surface area contributed by atoms with Crippen LogP contribution in [0.15, 0.2) is 61.1 Å². The number of carbonyl (C=O) groups excluding carboxylic acids is 1. The van der Waals surface area contributed by atoms with Crippen molar-refractivity contribution in [1.82, 2.24) is 9.88 Å². The fourth-order valence-corrected chi connectivity index (χ4v) is 4.20.